The molecule has 1 N–H and O–H groups in total. The van der Waals surface area contributed by atoms with Gasteiger partial charge in [0.25, 0.3) is 0 Å². The predicted octanol–water partition coefficient (Wildman–Crippen LogP) is 1.56. The summed E-state index contributed by atoms with van der Waals surface area (Å²) in [6.07, 6.45) is 5.97. The van der Waals surface area contributed by atoms with Gasteiger partial charge in [0.05, 0.1) is 5.69 Å². The average molecular weight is 273 g/mol. The highest BCUT2D eigenvalue weighted by Gasteiger charge is 2.13. The summed E-state index contributed by atoms with van der Waals surface area (Å²) in [7, 11) is 0. The van der Waals surface area contributed by atoms with Crippen molar-refractivity contribution in [1.82, 2.24) is 20.3 Å². The Bertz CT molecular complexity index is 291. The van der Waals surface area contributed by atoms with Crippen molar-refractivity contribution in [3.63, 3.8) is 0 Å². The van der Waals surface area contributed by atoms with Gasteiger partial charge >= 0.3 is 0 Å². The molecule has 1 unspecified atom stereocenters. The van der Waals surface area contributed by atoms with E-state index in [2.05, 4.69) is 31.6 Å². The lowest BCUT2D eigenvalue weighted by Gasteiger charge is -2.13. The Hall–Kier alpha value is -0.420. The van der Waals surface area contributed by atoms with Crippen LogP contribution in [-0.4, -0.2) is 28.1 Å². The molecule has 1 aliphatic heterocycles. The number of aromatic nitrogens is 3. The predicted molar refractivity (Wildman–Crippen MR) is 62.9 cm³/mol. The molecule has 5 heteroatoms. The minimum atomic E-state index is 0.706. The molecule has 84 valence electrons. The van der Waals surface area contributed by atoms with Crippen molar-refractivity contribution >= 4 is 15.9 Å². The molecule has 15 heavy (non-hydrogen) atoms. The van der Waals surface area contributed by atoms with E-state index >= 15 is 0 Å². The van der Waals surface area contributed by atoms with Gasteiger partial charge < -0.3 is 5.32 Å². The first-order valence-electron chi connectivity index (χ1n) is 5.54. The molecule has 0 spiro atoms. The van der Waals surface area contributed by atoms with E-state index in [4.69, 9.17) is 0 Å². The van der Waals surface area contributed by atoms with Crippen LogP contribution in [0.15, 0.2) is 6.20 Å². The Morgan fingerprint density at radius 3 is 3.27 bits per heavy atom. The number of hydrogen-bond acceptors (Lipinski definition) is 3. The smallest absolute Gasteiger partial charge is 0.0932 e. The van der Waals surface area contributed by atoms with Crippen molar-refractivity contribution in [1.29, 1.82) is 0 Å². The monoisotopic (exact) mass is 272 g/mol. The standard InChI is InChI=1S/C10H17BrN4/c11-5-10-8-15(14-13-10)7-9-3-1-2-4-12-6-9/h8-9,12H,1-7H2. The van der Waals surface area contributed by atoms with Crippen LogP contribution in [0, 0.1) is 5.92 Å². The fourth-order valence-corrected chi connectivity index (χ4v) is 2.26. The van der Waals surface area contributed by atoms with Crippen molar-refractivity contribution in [2.24, 2.45) is 5.92 Å². The Morgan fingerprint density at radius 1 is 1.53 bits per heavy atom. The van der Waals surface area contributed by atoms with Gasteiger partial charge in [-0.3, -0.25) is 4.68 Å². The number of hydrogen-bond donors (Lipinski definition) is 1. The minimum Gasteiger partial charge on any atom is -0.316 e. The zero-order valence-electron chi connectivity index (χ0n) is 8.82. The molecule has 1 aromatic heterocycles. The zero-order chi connectivity index (χ0) is 10.5. The Labute approximate surface area is 98.6 Å². The third-order valence-corrected chi connectivity index (χ3v) is 3.39. The van der Waals surface area contributed by atoms with Crippen LogP contribution in [0.2, 0.25) is 0 Å². The first-order valence-corrected chi connectivity index (χ1v) is 6.66. The van der Waals surface area contributed by atoms with E-state index in [-0.39, 0.29) is 0 Å². The summed E-state index contributed by atoms with van der Waals surface area (Å²) in [6.45, 7) is 3.27. The molecule has 0 radical (unpaired) electrons. The molecule has 0 amide bonds. The Balaban J connectivity index is 1.89. The van der Waals surface area contributed by atoms with Gasteiger partial charge in [-0.25, -0.2) is 0 Å². The third-order valence-electron chi connectivity index (χ3n) is 2.82. The number of nitrogens with zero attached hydrogens (tertiary/aromatic N) is 3. The van der Waals surface area contributed by atoms with Gasteiger partial charge in [0.2, 0.25) is 0 Å². The van der Waals surface area contributed by atoms with Crippen LogP contribution >= 0.6 is 15.9 Å². The van der Waals surface area contributed by atoms with E-state index in [9.17, 15) is 0 Å². The lowest BCUT2D eigenvalue weighted by atomic mass is 10.0. The molecule has 1 fully saturated rings. The van der Waals surface area contributed by atoms with Crippen LogP contribution in [0.25, 0.3) is 0 Å². The molecule has 0 aliphatic carbocycles. The van der Waals surface area contributed by atoms with Crippen molar-refractivity contribution in [3.8, 4) is 0 Å². The summed E-state index contributed by atoms with van der Waals surface area (Å²) in [5.74, 6) is 0.706. The molecule has 4 nitrogen and oxygen atoms in total. The van der Waals surface area contributed by atoms with E-state index < -0.39 is 0 Å². The van der Waals surface area contributed by atoms with Gasteiger partial charge in [0.1, 0.15) is 0 Å². The van der Waals surface area contributed by atoms with E-state index in [0.29, 0.717) is 5.92 Å². The van der Waals surface area contributed by atoms with Crippen LogP contribution in [0.3, 0.4) is 0 Å². The minimum absolute atomic E-state index is 0.706. The summed E-state index contributed by atoms with van der Waals surface area (Å²) in [5.41, 5.74) is 1.01. The maximum absolute atomic E-state index is 4.12. The van der Waals surface area contributed by atoms with Crippen molar-refractivity contribution in [3.05, 3.63) is 11.9 Å². The molecule has 0 saturated carbocycles. The van der Waals surface area contributed by atoms with Crippen LogP contribution in [0.4, 0.5) is 0 Å². The van der Waals surface area contributed by atoms with Gasteiger partial charge in [0, 0.05) is 18.1 Å². The largest absolute Gasteiger partial charge is 0.316 e. The lowest BCUT2D eigenvalue weighted by molar-refractivity contribution is 0.386. The Kier molecular flexibility index (Phi) is 4.14. The fraction of sp³-hybridized carbons (Fsp3) is 0.800. The molecule has 2 heterocycles. The SMILES string of the molecule is BrCc1cn(CC2CCCCNC2)nn1. The molecule has 2 rings (SSSR count). The van der Waals surface area contributed by atoms with Crippen molar-refractivity contribution in [2.75, 3.05) is 13.1 Å². The van der Waals surface area contributed by atoms with Crippen molar-refractivity contribution in [2.45, 2.75) is 31.1 Å². The second-order valence-corrected chi connectivity index (χ2v) is 4.69. The van der Waals surface area contributed by atoms with Crippen LogP contribution in [-0.2, 0) is 11.9 Å². The zero-order valence-corrected chi connectivity index (χ0v) is 10.4. The van der Waals surface area contributed by atoms with E-state index in [1.807, 2.05) is 10.9 Å². The van der Waals surface area contributed by atoms with Crippen LogP contribution in [0.5, 0.6) is 0 Å². The third kappa shape index (κ3) is 3.28. The van der Waals surface area contributed by atoms with Gasteiger partial charge in [-0.05, 0) is 31.8 Å². The average Bonchev–Trinajstić information content (AvgIpc) is 2.54. The molecule has 0 bridgehead atoms. The van der Waals surface area contributed by atoms with E-state index in [1.165, 1.54) is 25.8 Å². The van der Waals surface area contributed by atoms with Gasteiger partial charge in [-0.1, -0.05) is 27.6 Å². The normalized spacial score (nSPS) is 22.6. The lowest BCUT2D eigenvalue weighted by Crippen LogP contribution is -2.24. The highest BCUT2D eigenvalue weighted by molar-refractivity contribution is 9.08. The summed E-state index contributed by atoms with van der Waals surface area (Å²) in [4.78, 5) is 0. The Morgan fingerprint density at radius 2 is 2.47 bits per heavy atom. The molecule has 1 aromatic rings. The molecule has 0 aromatic carbocycles. The quantitative estimate of drug-likeness (QED) is 0.850. The van der Waals surface area contributed by atoms with Gasteiger partial charge in [0.15, 0.2) is 0 Å². The van der Waals surface area contributed by atoms with E-state index in [0.717, 1.165) is 24.1 Å². The topological polar surface area (TPSA) is 42.7 Å². The van der Waals surface area contributed by atoms with Crippen LogP contribution in [0.1, 0.15) is 25.0 Å². The van der Waals surface area contributed by atoms with Crippen molar-refractivity contribution < 1.29 is 0 Å². The molecular weight excluding hydrogens is 256 g/mol. The number of halogens is 1. The number of alkyl halides is 1. The number of rotatable bonds is 3. The molecular formula is C10H17BrN4. The summed E-state index contributed by atoms with van der Waals surface area (Å²) in [6, 6.07) is 0. The van der Waals surface area contributed by atoms with E-state index in [1.54, 1.807) is 0 Å². The first kappa shape index (κ1) is 11.1. The highest BCUT2D eigenvalue weighted by atomic mass is 79.9. The molecule has 1 saturated heterocycles. The second-order valence-electron chi connectivity index (χ2n) is 4.13. The van der Waals surface area contributed by atoms with Gasteiger partial charge in [-0.2, -0.15) is 0 Å². The molecule has 1 atom stereocenters. The highest BCUT2D eigenvalue weighted by Crippen LogP contribution is 2.13. The summed E-state index contributed by atoms with van der Waals surface area (Å²) >= 11 is 3.38. The van der Waals surface area contributed by atoms with Crippen LogP contribution < -0.4 is 5.32 Å². The number of nitrogens with one attached hydrogen (secondary N) is 1. The maximum Gasteiger partial charge on any atom is 0.0932 e. The summed E-state index contributed by atoms with van der Waals surface area (Å²) in [5, 5.41) is 12.4. The van der Waals surface area contributed by atoms with Gasteiger partial charge in [-0.15, -0.1) is 5.10 Å². The second kappa shape index (κ2) is 5.61. The fourth-order valence-electron chi connectivity index (χ4n) is 2.00. The molecule has 1 aliphatic rings. The maximum atomic E-state index is 4.12. The summed E-state index contributed by atoms with van der Waals surface area (Å²) < 4.78 is 1.97. The first-order chi connectivity index (χ1) is 7.38.